The molecule has 0 radical (unpaired) electrons. The van der Waals surface area contributed by atoms with Crippen molar-refractivity contribution >= 4 is 34.2 Å². The number of terminal acetylenes is 1. The van der Waals surface area contributed by atoms with Crippen molar-refractivity contribution in [2.75, 3.05) is 4.90 Å². The molecule has 0 saturated heterocycles. The Bertz CT molecular complexity index is 2300. The maximum atomic E-state index is 4.15. The Morgan fingerprint density at radius 3 is 1.98 bits per heavy atom. The van der Waals surface area contributed by atoms with Gasteiger partial charge in [-0.05, 0) is 127 Å². The molecule has 7 rings (SSSR count). The Hall–Kier alpha value is -6.36. The van der Waals surface area contributed by atoms with E-state index in [0.717, 1.165) is 24.8 Å². The van der Waals surface area contributed by atoms with Gasteiger partial charge in [-0.25, -0.2) is 0 Å². The van der Waals surface area contributed by atoms with Crippen molar-refractivity contribution in [1.82, 2.24) is 0 Å². The highest BCUT2D eigenvalue weighted by atomic mass is 15.2. The van der Waals surface area contributed by atoms with E-state index in [9.17, 15) is 0 Å². The van der Waals surface area contributed by atoms with Crippen LogP contribution in [0, 0.1) is 26.7 Å². The third-order valence-corrected chi connectivity index (χ3v) is 10.00. The summed E-state index contributed by atoms with van der Waals surface area (Å²) in [6.45, 7) is 20.6. The van der Waals surface area contributed by atoms with E-state index < -0.39 is 0 Å². The first-order valence-electron chi connectivity index (χ1n) is 21.2. The predicted molar refractivity (Wildman–Crippen MR) is 266 cm³/mol. The van der Waals surface area contributed by atoms with Crippen LogP contribution in [-0.4, -0.2) is 6.04 Å². The molecule has 0 amide bonds. The summed E-state index contributed by atoms with van der Waals surface area (Å²) >= 11 is 0. The standard InChI is InChI=1S/C45H43N.C7H8.2C2H6.C2H2/c1-5-15-41-35(7-3)32-44(43-22-14-13-21-42(41)43)36-25-29-40(30-26-36)46(45(16-6-2)37-18-9-8-10-19-37)39-27-23-34(24-28-39)31-38-20-12-11-17-33(38)4;1-7-5-3-2-4-6-7;3*1-2/h5-18,20-29,32,40H,3,19,30-31H2,1-2,4H3;2-6H,1H3;2*1-2H3;1-2H/b15-5-,16-6-,45-37+;;;;. The lowest BCUT2D eigenvalue weighted by Gasteiger charge is -2.35. The number of hydrogen-bond acceptors (Lipinski definition) is 1. The Labute approximate surface area is 357 Å². The lowest BCUT2D eigenvalue weighted by Crippen LogP contribution is -2.34. The van der Waals surface area contributed by atoms with E-state index in [1.54, 1.807) is 0 Å². The van der Waals surface area contributed by atoms with Crippen molar-refractivity contribution in [2.45, 2.75) is 80.7 Å². The van der Waals surface area contributed by atoms with Gasteiger partial charge in [-0.15, -0.1) is 12.8 Å². The van der Waals surface area contributed by atoms with Crippen LogP contribution in [0.4, 0.5) is 5.69 Å². The van der Waals surface area contributed by atoms with Gasteiger partial charge >= 0.3 is 0 Å². The Morgan fingerprint density at radius 2 is 1.42 bits per heavy atom. The zero-order chi connectivity index (χ0) is 43.0. The molecule has 0 heterocycles. The van der Waals surface area contributed by atoms with Crippen LogP contribution in [0.15, 0.2) is 188 Å². The molecule has 0 aliphatic heterocycles. The zero-order valence-electron chi connectivity index (χ0n) is 36.8. The van der Waals surface area contributed by atoms with Crippen LogP contribution < -0.4 is 4.90 Å². The molecule has 59 heavy (non-hydrogen) atoms. The van der Waals surface area contributed by atoms with E-state index in [4.69, 9.17) is 0 Å². The lowest BCUT2D eigenvalue weighted by molar-refractivity contribution is 0.758. The molecule has 2 aliphatic carbocycles. The van der Waals surface area contributed by atoms with Crippen molar-refractivity contribution in [3.63, 3.8) is 0 Å². The minimum Gasteiger partial charge on any atom is -0.334 e. The van der Waals surface area contributed by atoms with E-state index >= 15 is 0 Å². The molecule has 0 aromatic heterocycles. The summed E-state index contributed by atoms with van der Waals surface area (Å²) in [5.41, 5.74) is 14.0. The van der Waals surface area contributed by atoms with Crippen molar-refractivity contribution in [2.24, 2.45) is 0 Å². The second-order valence-electron chi connectivity index (χ2n) is 13.7. The summed E-state index contributed by atoms with van der Waals surface area (Å²) in [7, 11) is 0. The van der Waals surface area contributed by atoms with Gasteiger partial charge in [-0.3, -0.25) is 0 Å². The number of nitrogens with zero attached hydrogens (tertiary/aromatic N) is 1. The summed E-state index contributed by atoms with van der Waals surface area (Å²) in [6, 6.07) is 39.4. The van der Waals surface area contributed by atoms with Crippen LogP contribution in [0.1, 0.15) is 93.3 Å². The van der Waals surface area contributed by atoms with Crippen LogP contribution in [0.5, 0.6) is 0 Å². The van der Waals surface area contributed by atoms with Gasteiger partial charge in [0.2, 0.25) is 0 Å². The van der Waals surface area contributed by atoms with Crippen molar-refractivity contribution in [3.05, 3.63) is 227 Å². The van der Waals surface area contributed by atoms with E-state index in [1.807, 2.05) is 52.0 Å². The zero-order valence-corrected chi connectivity index (χ0v) is 36.8. The Morgan fingerprint density at radius 1 is 0.763 bits per heavy atom. The first-order chi connectivity index (χ1) is 29.0. The van der Waals surface area contributed by atoms with Crippen molar-refractivity contribution < 1.29 is 0 Å². The fourth-order valence-electron chi connectivity index (χ4n) is 7.23. The molecular formula is C58H65N. The van der Waals surface area contributed by atoms with Crippen LogP contribution in [0.25, 0.3) is 28.5 Å². The quantitative estimate of drug-likeness (QED) is 0.135. The summed E-state index contributed by atoms with van der Waals surface area (Å²) in [5.74, 6) is 0. The smallest absolute Gasteiger partial charge is 0.0560 e. The van der Waals surface area contributed by atoms with E-state index in [2.05, 4.69) is 210 Å². The van der Waals surface area contributed by atoms with E-state index in [-0.39, 0.29) is 6.04 Å². The van der Waals surface area contributed by atoms with Gasteiger partial charge in [0, 0.05) is 11.4 Å². The number of fused-ring (bicyclic) bond motifs is 1. The number of aryl methyl sites for hydroxylation is 2. The second kappa shape index (κ2) is 25.8. The lowest BCUT2D eigenvalue weighted by atomic mass is 9.88. The Kier molecular flexibility index (Phi) is 20.6. The van der Waals surface area contributed by atoms with Crippen molar-refractivity contribution in [1.29, 1.82) is 0 Å². The summed E-state index contributed by atoms with van der Waals surface area (Å²) in [5, 5.41) is 2.53. The van der Waals surface area contributed by atoms with Gasteiger partial charge in [-0.2, -0.15) is 0 Å². The molecular weight excluding hydrogens is 711 g/mol. The van der Waals surface area contributed by atoms with Gasteiger partial charge in [-0.1, -0.05) is 198 Å². The van der Waals surface area contributed by atoms with Gasteiger partial charge in [0.25, 0.3) is 0 Å². The average Bonchev–Trinajstić information content (AvgIpc) is 3.31. The number of hydrogen-bond donors (Lipinski definition) is 0. The minimum absolute atomic E-state index is 0.177. The first-order valence-corrected chi connectivity index (χ1v) is 21.2. The van der Waals surface area contributed by atoms with Gasteiger partial charge in [0.1, 0.15) is 0 Å². The summed E-state index contributed by atoms with van der Waals surface area (Å²) in [6.07, 6.45) is 37.4. The molecule has 1 heteroatoms. The highest BCUT2D eigenvalue weighted by Crippen LogP contribution is 2.37. The molecule has 302 valence electrons. The average molecular weight is 776 g/mol. The molecule has 0 fully saturated rings. The maximum absolute atomic E-state index is 4.15. The van der Waals surface area contributed by atoms with Crippen LogP contribution in [0.3, 0.4) is 0 Å². The number of anilines is 1. The Balaban J connectivity index is 0.000000627. The van der Waals surface area contributed by atoms with Crippen molar-refractivity contribution in [3.8, 4) is 12.8 Å². The second-order valence-corrected chi connectivity index (χ2v) is 13.7. The molecule has 1 nitrogen and oxygen atoms in total. The molecule has 1 atom stereocenters. The maximum Gasteiger partial charge on any atom is 0.0560 e. The van der Waals surface area contributed by atoms with E-state index in [0.29, 0.717) is 0 Å². The topological polar surface area (TPSA) is 3.24 Å². The largest absolute Gasteiger partial charge is 0.334 e. The molecule has 2 aliphatic rings. The predicted octanol–water partition coefficient (Wildman–Crippen LogP) is 16.3. The SMILES string of the molecule is C#C.C=Cc1cc(C2=CCC(N(C(/C=C\C)=C3\C=CC=CC3)c3ccc(Cc4ccccc4C)cc3)C=C2)c2ccccc2c1/C=C\C.CC.CC.Cc1ccccc1. The fourth-order valence-corrected chi connectivity index (χ4v) is 7.23. The molecule has 0 spiro atoms. The van der Waals surface area contributed by atoms with Gasteiger partial charge in [0.05, 0.1) is 6.04 Å². The summed E-state index contributed by atoms with van der Waals surface area (Å²) in [4.78, 5) is 2.53. The number of allylic oxidation sites excluding steroid dienone is 10. The highest BCUT2D eigenvalue weighted by molar-refractivity contribution is 6.02. The number of benzene rings is 5. The van der Waals surface area contributed by atoms with Crippen LogP contribution >= 0.6 is 0 Å². The van der Waals surface area contributed by atoms with E-state index in [1.165, 1.54) is 66.7 Å². The van der Waals surface area contributed by atoms with Crippen LogP contribution in [0.2, 0.25) is 0 Å². The summed E-state index contributed by atoms with van der Waals surface area (Å²) < 4.78 is 0. The monoisotopic (exact) mass is 776 g/mol. The highest BCUT2D eigenvalue weighted by Gasteiger charge is 2.24. The molecule has 0 saturated carbocycles. The first kappa shape index (κ1) is 47.0. The molecule has 0 N–H and O–H groups in total. The third-order valence-electron chi connectivity index (χ3n) is 10.00. The molecule has 5 aromatic rings. The minimum atomic E-state index is 0.177. The normalized spacial score (nSPS) is 14.7. The molecule has 0 bridgehead atoms. The molecule has 5 aromatic carbocycles. The third kappa shape index (κ3) is 12.8. The number of rotatable bonds is 9. The van der Waals surface area contributed by atoms with Crippen LogP contribution in [-0.2, 0) is 6.42 Å². The van der Waals surface area contributed by atoms with Gasteiger partial charge in [0.15, 0.2) is 0 Å². The van der Waals surface area contributed by atoms with Gasteiger partial charge < -0.3 is 4.90 Å². The fraction of sp³-hybridized carbons (Fsp3) is 0.207. The molecule has 1 unspecified atom stereocenters.